The summed E-state index contributed by atoms with van der Waals surface area (Å²) in [5.41, 5.74) is 2.72. The Bertz CT molecular complexity index is 522. The number of carbonyl (C=O) groups excluding carboxylic acids is 1. The highest BCUT2D eigenvalue weighted by Gasteiger charge is 2.08. The maximum absolute atomic E-state index is 11.9. The Hall–Kier alpha value is -1.13. The fourth-order valence-corrected chi connectivity index (χ4v) is 2.61. The lowest BCUT2D eigenvalue weighted by Crippen LogP contribution is -2.12. The minimum Gasteiger partial charge on any atom is -0.322 e. The molecule has 0 spiro atoms. The van der Waals surface area contributed by atoms with Gasteiger partial charge in [0, 0.05) is 15.5 Å². The second-order valence-corrected chi connectivity index (χ2v) is 5.32. The third kappa shape index (κ3) is 2.96. The summed E-state index contributed by atoms with van der Waals surface area (Å²) < 4.78 is 1.03. The summed E-state index contributed by atoms with van der Waals surface area (Å²) in [6.45, 7) is 2.07. The van der Waals surface area contributed by atoms with Gasteiger partial charge in [-0.3, -0.25) is 4.79 Å². The van der Waals surface area contributed by atoms with E-state index < -0.39 is 0 Å². The van der Waals surface area contributed by atoms with E-state index in [-0.39, 0.29) is 5.91 Å². The van der Waals surface area contributed by atoms with Crippen molar-refractivity contribution < 1.29 is 4.79 Å². The molecule has 0 unspecified atom stereocenters. The number of thiophene rings is 1. The van der Waals surface area contributed by atoms with Crippen molar-refractivity contribution in [1.29, 1.82) is 0 Å². The van der Waals surface area contributed by atoms with Gasteiger partial charge in [0.05, 0.1) is 5.56 Å². The summed E-state index contributed by atoms with van der Waals surface area (Å²) in [6, 6.07) is 7.71. The summed E-state index contributed by atoms with van der Waals surface area (Å²) in [7, 11) is 0. The summed E-state index contributed by atoms with van der Waals surface area (Å²) >= 11 is 4.95. The van der Waals surface area contributed by atoms with E-state index in [2.05, 4.69) is 28.2 Å². The maximum Gasteiger partial charge on any atom is 0.256 e. The van der Waals surface area contributed by atoms with Crippen molar-refractivity contribution in [2.75, 3.05) is 5.32 Å². The summed E-state index contributed by atoms with van der Waals surface area (Å²) in [6.07, 6.45) is 0.888. The molecule has 4 heteroatoms. The third-order valence-electron chi connectivity index (χ3n) is 2.48. The van der Waals surface area contributed by atoms with Crippen LogP contribution in [0.1, 0.15) is 22.8 Å². The Morgan fingerprint density at radius 1 is 1.41 bits per heavy atom. The van der Waals surface area contributed by atoms with Crippen LogP contribution in [0.3, 0.4) is 0 Å². The van der Waals surface area contributed by atoms with Crippen LogP contribution in [-0.4, -0.2) is 5.91 Å². The van der Waals surface area contributed by atoms with Crippen molar-refractivity contribution in [3.8, 4) is 0 Å². The minimum atomic E-state index is -0.0525. The lowest BCUT2D eigenvalue weighted by atomic mass is 10.1. The number of nitrogens with one attached hydrogen (secondary N) is 1. The molecule has 0 saturated carbocycles. The molecule has 1 heterocycles. The van der Waals surface area contributed by atoms with Crippen molar-refractivity contribution in [1.82, 2.24) is 0 Å². The van der Waals surface area contributed by atoms with Crippen LogP contribution in [0.25, 0.3) is 0 Å². The number of carbonyl (C=O) groups is 1. The fourth-order valence-electron chi connectivity index (χ4n) is 1.56. The number of hydrogen-bond acceptors (Lipinski definition) is 2. The van der Waals surface area contributed by atoms with Crippen LogP contribution in [-0.2, 0) is 6.42 Å². The van der Waals surface area contributed by atoms with Crippen LogP contribution in [0.2, 0.25) is 0 Å². The van der Waals surface area contributed by atoms with Crippen LogP contribution >= 0.6 is 27.3 Å². The molecule has 2 nitrogen and oxygen atoms in total. The SMILES string of the molecule is CCc1cc(Br)ccc1NC(=O)c1ccsc1. The zero-order chi connectivity index (χ0) is 12.3. The highest BCUT2D eigenvalue weighted by Crippen LogP contribution is 2.22. The van der Waals surface area contributed by atoms with E-state index in [1.54, 1.807) is 0 Å². The van der Waals surface area contributed by atoms with E-state index in [1.165, 1.54) is 11.3 Å². The Balaban J connectivity index is 2.21. The quantitative estimate of drug-likeness (QED) is 0.898. The molecule has 17 heavy (non-hydrogen) atoms. The predicted octanol–water partition coefficient (Wildman–Crippen LogP) is 4.33. The lowest BCUT2D eigenvalue weighted by Gasteiger charge is -2.09. The first-order valence-corrected chi connectivity index (χ1v) is 7.06. The van der Waals surface area contributed by atoms with Crippen molar-refractivity contribution in [2.45, 2.75) is 13.3 Å². The first-order valence-electron chi connectivity index (χ1n) is 5.32. The number of anilines is 1. The molecule has 1 amide bonds. The zero-order valence-electron chi connectivity index (χ0n) is 9.37. The van der Waals surface area contributed by atoms with Crippen LogP contribution in [0.4, 0.5) is 5.69 Å². The third-order valence-corrected chi connectivity index (χ3v) is 3.66. The molecule has 0 atom stereocenters. The van der Waals surface area contributed by atoms with E-state index in [1.807, 2.05) is 35.0 Å². The molecule has 0 bridgehead atoms. The number of aryl methyl sites for hydroxylation is 1. The number of rotatable bonds is 3. The largest absolute Gasteiger partial charge is 0.322 e. The molecule has 1 aromatic carbocycles. The fraction of sp³-hybridized carbons (Fsp3) is 0.154. The molecule has 0 aliphatic heterocycles. The van der Waals surface area contributed by atoms with Crippen molar-refractivity contribution in [2.24, 2.45) is 0 Å². The molecule has 88 valence electrons. The smallest absolute Gasteiger partial charge is 0.256 e. The number of amides is 1. The number of benzene rings is 1. The molecule has 0 aliphatic rings. The van der Waals surface area contributed by atoms with E-state index in [9.17, 15) is 4.79 Å². The lowest BCUT2D eigenvalue weighted by molar-refractivity contribution is 0.102. The molecule has 0 radical (unpaired) electrons. The number of halogens is 1. The Kier molecular flexibility index (Phi) is 3.97. The summed E-state index contributed by atoms with van der Waals surface area (Å²) in [4.78, 5) is 11.9. The highest BCUT2D eigenvalue weighted by atomic mass is 79.9. The van der Waals surface area contributed by atoms with Gasteiger partial charge >= 0.3 is 0 Å². The molecular weight excluding hydrogens is 298 g/mol. The monoisotopic (exact) mass is 309 g/mol. The van der Waals surface area contributed by atoms with Gasteiger partial charge in [0.15, 0.2) is 0 Å². The molecule has 2 rings (SSSR count). The van der Waals surface area contributed by atoms with Crippen LogP contribution in [0.15, 0.2) is 39.5 Å². The summed E-state index contributed by atoms with van der Waals surface area (Å²) in [5, 5.41) is 6.69. The molecule has 1 aromatic heterocycles. The van der Waals surface area contributed by atoms with Gasteiger partial charge < -0.3 is 5.32 Å². The number of hydrogen-bond donors (Lipinski definition) is 1. The Labute approximate surface area is 113 Å². The Morgan fingerprint density at radius 3 is 2.88 bits per heavy atom. The Morgan fingerprint density at radius 2 is 2.24 bits per heavy atom. The first-order chi connectivity index (χ1) is 8.20. The highest BCUT2D eigenvalue weighted by molar-refractivity contribution is 9.10. The average molecular weight is 310 g/mol. The second kappa shape index (κ2) is 5.47. The van der Waals surface area contributed by atoms with Gasteiger partial charge in [0.1, 0.15) is 0 Å². The van der Waals surface area contributed by atoms with E-state index in [4.69, 9.17) is 0 Å². The van der Waals surface area contributed by atoms with Gasteiger partial charge in [-0.2, -0.15) is 11.3 Å². The predicted molar refractivity (Wildman–Crippen MR) is 75.8 cm³/mol. The molecule has 0 saturated heterocycles. The average Bonchev–Trinajstić information content (AvgIpc) is 2.85. The first kappa shape index (κ1) is 12.3. The molecule has 2 aromatic rings. The minimum absolute atomic E-state index is 0.0525. The van der Waals surface area contributed by atoms with Gasteiger partial charge in [-0.1, -0.05) is 22.9 Å². The molecular formula is C13H12BrNOS. The second-order valence-electron chi connectivity index (χ2n) is 3.62. The van der Waals surface area contributed by atoms with Gasteiger partial charge in [0.2, 0.25) is 0 Å². The van der Waals surface area contributed by atoms with Gasteiger partial charge in [0.25, 0.3) is 5.91 Å². The zero-order valence-corrected chi connectivity index (χ0v) is 11.8. The molecule has 0 aliphatic carbocycles. The van der Waals surface area contributed by atoms with Crippen LogP contribution < -0.4 is 5.32 Å². The van der Waals surface area contributed by atoms with E-state index in [0.29, 0.717) is 5.56 Å². The molecule has 0 fully saturated rings. The van der Waals surface area contributed by atoms with E-state index >= 15 is 0 Å². The topological polar surface area (TPSA) is 29.1 Å². The normalized spacial score (nSPS) is 10.2. The standard InChI is InChI=1S/C13H12BrNOS/c1-2-9-7-11(14)3-4-12(9)15-13(16)10-5-6-17-8-10/h3-8H,2H2,1H3,(H,15,16). The van der Waals surface area contributed by atoms with Crippen molar-refractivity contribution in [3.05, 3.63) is 50.6 Å². The van der Waals surface area contributed by atoms with Crippen molar-refractivity contribution >= 4 is 38.9 Å². The summed E-state index contributed by atoms with van der Waals surface area (Å²) in [5.74, 6) is -0.0525. The van der Waals surface area contributed by atoms with Crippen LogP contribution in [0.5, 0.6) is 0 Å². The maximum atomic E-state index is 11.9. The van der Waals surface area contributed by atoms with Gasteiger partial charge in [-0.05, 0) is 41.6 Å². The van der Waals surface area contributed by atoms with Crippen molar-refractivity contribution in [3.63, 3.8) is 0 Å². The van der Waals surface area contributed by atoms with Gasteiger partial charge in [-0.25, -0.2) is 0 Å². The van der Waals surface area contributed by atoms with Crippen LogP contribution in [0, 0.1) is 0 Å². The molecule has 1 N–H and O–H groups in total. The van der Waals surface area contributed by atoms with E-state index in [0.717, 1.165) is 22.1 Å². The van der Waals surface area contributed by atoms with Gasteiger partial charge in [-0.15, -0.1) is 0 Å².